The van der Waals surface area contributed by atoms with Crippen LogP contribution in [0.4, 0.5) is 0 Å². The number of para-hydroxylation sites is 1. The number of hydrogen-bond donors (Lipinski definition) is 0. The summed E-state index contributed by atoms with van der Waals surface area (Å²) in [6.07, 6.45) is 6.30. The third kappa shape index (κ3) is 2.61. The zero-order valence-corrected chi connectivity index (χ0v) is 10.6. The van der Waals surface area contributed by atoms with E-state index in [1.165, 1.54) is 12.5 Å². The molecule has 0 radical (unpaired) electrons. The number of benzene rings is 1. The van der Waals surface area contributed by atoms with E-state index in [0.29, 0.717) is 5.56 Å². The summed E-state index contributed by atoms with van der Waals surface area (Å²) in [5, 5.41) is 4.23. The molecule has 2 heterocycles. The highest BCUT2D eigenvalue weighted by Crippen LogP contribution is 2.10. The summed E-state index contributed by atoms with van der Waals surface area (Å²) in [6, 6.07) is 11.3. The van der Waals surface area contributed by atoms with Crippen LogP contribution in [0.5, 0.6) is 0 Å². The highest BCUT2D eigenvalue weighted by Gasteiger charge is 2.09. The second kappa shape index (κ2) is 5.44. The molecule has 0 aliphatic rings. The van der Waals surface area contributed by atoms with E-state index in [0.717, 1.165) is 11.3 Å². The lowest BCUT2D eigenvalue weighted by Crippen LogP contribution is -2.03. The SMILES string of the molecule is O=C(OCc1cnn(-c2ccccc2)c1)c1ccoc1. The van der Waals surface area contributed by atoms with E-state index in [2.05, 4.69) is 5.10 Å². The molecule has 5 heteroatoms. The van der Waals surface area contributed by atoms with Crippen LogP contribution < -0.4 is 0 Å². The van der Waals surface area contributed by atoms with Gasteiger partial charge in [-0.25, -0.2) is 9.48 Å². The van der Waals surface area contributed by atoms with Gasteiger partial charge in [0.05, 0.1) is 23.7 Å². The molecular formula is C15H12N2O3. The van der Waals surface area contributed by atoms with Gasteiger partial charge in [-0.2, -0.15) is 5.10 Å². The molecule has 0 saturated heterocycles. The fourth-order valence-corrected chi connectivity index (χ4v) is 1.77. The Morgan fingerprint density at radius 2 is 2.10 bits per heavy atom. The Bertz CT molecular complexity index is 687. The minimum Gasteiger partial charge on any atom is -0.472 e. The van der Waals surface area contributed by atoms with Gasteiger partial charge in [0.25, 0.3) is 0 Å². The van der Waals surface area contributed by atoms with Crippen LogP contribution in [0.3, 0.4) is 0 Å². The van der Waals surface area contributed by atoms with Gasteiger partial charge in [-0.1, -0.05) is 18.2 Å². The molecule has 0 saturated carbocycles. The number of nitrogens with zero attached hydrogens (tertiary/aromatic N) is 2. The molecule has 1 aromatic carbocycles. The second-order valence-corrected chi connectivity index (χ2v) is 4.22. The Morgan fingerprint density at radius 1 is 1.25 bits per heavy atom. The van der Waals surface area contributed by atoms with Gasteiger partial charge in [-0.05, 0) is 18.2 Å². The normalized spacial score (nSPS) is 10.4. The minimum absolute atomic E-state index is 0.177. The molecule has 0 aliphatic heterocycles. The van der Waals surface area contributed by atoms with Crippen molar-refractivity contribution in [1.29, 1.82) is 0 Å². The van der Waals surface area contributed by atoms with Crippen LogP contribution >= 0.6 is 0 Å². The highest BCUT2D eigenvalue weighted by molar-refractivity contribution is 5.88. The average molecular weight is 268 g/mol. The van der Waals surface area contributed by atoms with Gasteiger partial charge in [-0.15, -0.1) is 0 Å². The topological polar surface area (TPSA) is 57.3 Å². The third-order valence-electron chi connectivity index (χ3n) is 2.78. The molecular weight excluding hydrogens is 256 g/mol. The number of esters is 1. The van der Waals surface area contributed by atoms with Crippen LogP contribution in [0.15, 0.2) is 65.7 Å². The van der Waals surface area contributed by atoms with E-state index in [1.807, 2.05) is 36.5 Å². The number of ether oxygens (including phenoxy) is 1. The molecule has 100 valence electrons. The van der Waals surface area contributed by atoms with Crippen LogP contribution in [0, 0.1) is 0 Å². The van der Waals surface area contributed by atoms with E-state index in [-0.39, 0.29) is 6.61 Å². The molecule has 2 aromatic heterocycles. The minimum atomic E-state index is -0.411. The molecule has 0 aliphatic carbocycles. The lowest BCUT2D eigenvalue weighted by Gasteiger charge is -2.01. The zero-order valence-electron chi connectivity index (χ0n) is 10.6. The predicted octanol–water partition coefficient (Wildman–Crippen LogP) is 2.82. The summed E-state index contributed by atoms with van der Waals surface area (Å²) < 4.78 is 11.7. The van der Waals surface area contributed by atoms with Crippen molar-refractivity contribution in [2.75, 3.05) is 0 Å². The van der Waals surface area contributed by atoms with Crippen LogP contribution in [0.1, 0.15) is 15.9 Å². The molecule has 0 amide bonds. The second-order valence-electron chi connectivity index (χ2n) is 4.22. The fourth-order valence-electron chi connectivity index (χ4n) is 1.77. The Hall–Kier alpha value is -2.82. The van der Waals surface area contributed by atoms with Crippen molar-refractivity contribution in [1.82, 2.24) is 9.78 Å². The van der Waals surface area contributed by atoms with E-state index in [1.54, 1.807) is 16.9 Å². The van der Waals surface area contributed by atoms with Crippen molar-refractivity contribution in [2.45, 2.75) is 6.61 Å². The first-order chi connectivity index (χ1) is 9.83. The van der Waals surface area contributed by atoms with Crippen molar-refractivity contribution in [3.05, 3.63) is 72.4 Å². The molecule has 0 atom stereocenters. The van der Waals surface area contributed by atoms with E-state index in [9.17, 15) is 4.79 Å². The van der Waals surface area contributed by atoms with Crippen molar-refractivity contribution >= 4 is 5.97 Å². The summed E-state index contributed by atoms with van der Waals surface area (Å²) in [7, 11) is 0. The maximum absolute atomic E-state index is 11.6. The van der Waals surface area contributed by atoms with Crippen molar-refractivity contribution in [3.63, 3.8) is 0 Å². The number of carbonyl (C=O) groups is 1. The van der Waals surface area contributed by atoms with Gasteiger partial charge in [0.15, 0.2) is 0 Å². The summed E-state index contributed by atoms with van der Waals surface area (Å²) in [4.78, 5) is 11.6. The van der Waals surface area contributed by atoms with Gasteiger partial charge in [0.1, 0.15) is 12.9 Å². The third-order valence-corrected chi connectivity index (χ3v) is 2.78. The van der Waals surface area contributed by atoms with Crippen molar-refractivity contribution in [3.8, 4) is 5.69 Å². The van der Waals surface area contributed by atoms with Gasteiger partial charge in [0, 0.05) is 11.8 Å². The molecule has 20 heavy (non-hydrogen) atoms. The lowest BCUT2D eigenvalue weighted by molar-refractivity contribution is 0.0472. The monoisotopic (exact) mass is 268 g/mol. The number of hydrogen-bond acceptors (Lipinski definition) is 4. The van der Waals surface area contributed by atoms with E-state index in [4.69, 9.17) is 9.15 Å². The molecule has 3 aromatic rings. The van der Waals surface area contributed by atoms with Gasteiger partial charge < -0.3 is 9.15 Å². The first-order valence-electron chi connectivity index (χ1n) is 6.11. The zero-order chi connectivity index (χ0) is 13.8. The lowest BCUT2D eigenvalue weighted by atomic mass is 10.3. The highest BCUT2D eigenvalue weighted by atomic mass is 16.5. The number of rotatable bonds is 4. The molecule has 0 unspecified atom stereocenters. The smallest absolute Gasteiger partial charge is 0.341 e. The summed E-state index contributed by atoms with van der Waals surface area (Å²) in [6.45, 7) is 0.177. The largest absolute Gasteiger partial charge is 0.472 e. The maximum Gasteiger partial charge on any atom is 0.341 e. The molecule has 0 spiro atoms. The first-order valence-corrected chi connectivity index (χ1v) is 6.11. The van der Waals surface area contributed by atoms with E-state index < -0.39 is 5.97 Å². The van der Waals surface area contributed by atoms with Crippen LogP contribution in [-0.4, -0.2) is 15.7 Å². The van der Waals surface area contributed by atoms with Gasteiger partial charge in [0.2, 0.25) is 0 Å². The maximum atomic E-state index is 11.6. The van der Waals surface area contributed by atoms with Crippen LogP contribution in [0.2, 0.25) is 0 Å². The van der Waals surface area contributed by atoms with Crippen molar-refractivity contribution in [2.24, 2.45) is 0 Å². The summed E-state index contributed by atoms with van der Waals surface area (Å²) in [5.41, 5.74) is 2.19. The predicted molar refractivity (Wildman–Crippen MR) is 71.4 cm³/mol. The summed E-state index contributed by atoms with van der Waals surface area (Å²) >= 11 is 0. The molecule has 0 bridgehead atoms. The van der Waals surface area contributed by atoms with Crippen LogP contribution in [0.25, 0.3) is 5.69 Å². The average Bonchev–Trinajstić information content (AvgIpc) is 3.17. The Kier molecular flexibility index (Phi) is 3.33. The quantitative estimate of drug-likeness (QED) is 0.683. The molecule has 3 rings (SSSR count). The first kappa shape index (κ1) is 12.2. The number of aromatic nitrogens is 2. The van der Waals surface area contributed by atoms with E-state index >= 15 is 0 Å². The van der Waals surface area contributed by atoms with Crippen LogP contribution in [-0.2, 0) is 11.3 Å². The van der Waals surface area contributed by atoms with Gasteiger partial charge >= 0.3 is 5.97 Å². The number of furan rings is 1. The molecule has 5 nitrogen and oxygen atoms in total. The Morgan fingerprint density at radius 3 is 2.85 bits per heavy atom. The van der Waals surface area contributed by atoms with Crippen molar-refractivity contribution < 1.29 is 13.9 Å². The molecule has 0 N–H and O–H groups in total. The van der Waals surface area contributed by atoms with Gasteiger partial charge in [-0.3, -0.25) is 0 Å². The number of carbonyl (C=O) groups excluding carboxylic acids is 1. The Labute approximate surface area is 115 Å². The fraction of sp³-hybridized carbons (Fsp3) is 0.0667. The standard InChI is InChI=1S/C15H12N2O3/c18-15(13-6-7-19-11-13)20-10-12-8-16-17(9-12)14-4-2-1-3-5-14/h1-9,11H,10H2. The summed E-state index contributed by atoms with van der Waals surface area (Å²) in [5.74, 6) is -0.411. The Balaban J connectivity index is 1.65. The molecule has 0 fully saturated rings.